The third kappa shape index (κ3) is 3.34. The minimum absolute atomic E-state index is 0.109. The van der Waals surface area contributed by atoms with Crippen LogP contribution < -0.4 is 5.32 Å². The van der Waals surface area contributed by atoms with E-state index in [9.17, 15) is 0 Å². The van der Waals surface area contributed by atoms with Crippen molar-refractivity contribution in [1.29, 1.82) is 0 Å². The molecule has 0 aromatic carbocycles. The summed E-state index contributed by atoms with van der Waals surface area (Å²) in [5.41, 5.74) is 1.23. The molecule has 1 atom stereocenters. The minimum atomic E-state index is 0.109. The molecule has 0 spiro atoms. The highest BCUT2D eigenvalue weighted by Gasteiger charge is 2.22. The molecule has 0 aliphatic rings. The standard InChI is InChI=1S/C14H17Cl2NS2/c1-14(2,3)10-6-5-9(18-10)12(17-4)8-7-11(15)19-13(8)16/h5-7,12,17H,1-4H3. The summed E-state index contributed by atoms with van der Waals surface area (Å²) >= 11 is 15.5. The lowest BCUT2D eigenvalue weighted by Crippen LogP contribution is -2.16. The Morgan fingerprint density at radius 2 is 1.84 bits per heavy atom. The second-order valence-corrected chi connectivity index (χ2v) is 8.85. The Morgan fingerprint density at radius 1 is 1.16 bits per heavy atom. The molecule has 1 nitrogen and oxygen atoms in total. The van der Waals surface area contributed by atoms with Gasteiger partial charge in [-0.3, -0.25) is 0 Å². The van der Waals surface area contributed by atoms with Crippen LogP contribution in [0.25, 0.3) is 0 Å². The fraction of sp³-hybridized carbons (Fsp3) is 0.429. The van der Waals surface area contributed by atoms with Crippen LogP contribution in [-0.4, -0.2) is 7.05 Å². The van der Waals surface area contributed by atoms with Crippen molar-refractivity contribution >= 4 is 45.9 Å². The van der Waals surface area contributed by atoms with Crippen LogP contribution in [0.5, 0.6) is 0 Å². The highest BCUT2D eigenvalue weighted by Crippen LogP contribution is 2.40. The Morgan fingerprint density at radius 3 is 2.26 bits per heavy atom. The van der Waals surface area contributed by atoms with Crippen LogP contribution in [0, 0.1) is 0 Å². The maximum Gasteiger partial charge on any atom is 0.0995 e. The molecule has 0 radical (unpaired) electrons. The lowest BCUT2D eigenvalue weighted by atomic mass is 9.95. The van der Waals surface area contributed by atoms with Crippen molar-refractivity contribution in [3.63, 3.8) is 0 Å². The number of hydrogen-bond acceptors (Lipinski definition) is 3. The molecule has 2 heterocycles. The van der Waals surface area contributed by atoms with Gasteiger partial charge in [0.1, 0.15) is 0 Å². The Bertz CT molecular complexity index is 566. The van der Waals surface area contributed by atoms with Crippen molar-refractivity contribution in [2.45, 2.75) is 32.2 Å². The molecule has 0 aliphatic heterocycles. The molecule has 0 bridgehead atoms. The van der Waals surface area contributed by atoms with Crippen LogP contribution in [0.15, 0.2) is 18.2 Å². The van der Waals surface area contributed by atoms with E-state index in [4.69, 9.17) is 23.2 Å². The normalized spacial score (nSPS) is 13.8. The van der Waals surface area contributed by atoms with Crippen molar-refractivity contribution in [3.05, 3.63) is 42.2 Å². The first-order chi connectivity index (χ1) is 8.82. The molecule has 0 amide bonds. The Labute approximate surface area is 132 Å². The monoisotopic (exact) mass is 333 g/mol. The van der Waals surface area contributed by atoms with Crippen LogP contribution in [0.2, 0.25) is 8.67 Å². The first-order valence-corrected chi connectivity index (χ1v) is 8.44. The average Bonchev–Trinajstić information content (AvgIpc) is 2.87. The molecular formula is C14H17Cl2NS2. The first kappa shape index (κ1) is 15.3. The van der Waals surface area contributed by atoms with E-state index in [2.05, 4.69) is 38.2 Å². The van der Waals surface area contributed by atoms with E-state index in [-0.39, 0.29) is 11.5 Å². The summed E-state index contributed by atoms with van der Waals surface area (Å²) < 4.78 is 1.49. The summed E-state index contributed by atoms with van der Waals surface area (Å²) in [6.45, 7) is 6.68. The smallest absolute Gasteiger partial charge is 0.0995 e. The third-order valence-electron chi connectivity index (χ3n) is 2.93. The van der Waals surface area contributed by atoms with Gasteiger partial charge in [-0.1, -0.05) is 44.0 Å². The zero-order valence-electron chi connectivity index (χ0n) is 11.4. The zero-order chi connectivity index (χ0) is 14.2. The molecule has 5 heteroatoms. The van der Waals surface area contributed by atoms with Gasteiger partial charge >= 0.3 is 0 Å². The van der Waals surface area contributed by atoms with Gasteiger partial charge in [0.2, 0.25) is 0 Å². The quantitative estimate of drug-likeness (QED) is 0.756. The molecule has 2 aromatic rings. The Kier molecular flexibility index (Phi) is 4.63. The van der Waals surface area contributed by atoms with Gasteiger partial charge in [0.15, 0.2) is 0 Å². The zero-order valence-corrected chi connectivity index (χ0v) is 14.5. The average molecular weight is 334 g/mol. The van der Waals surface area contributed by atoms with Gasteiger partial charge in [-0.25, -0.2) is 0 Å². The summed E-state index contributed by atoms with van der Waals surface area (Å²) in [4.78, 5) is 2.64. The predicted octanol–water partition coefficient (Wildman–Crippen LogP) is 5.72. The van der Waals surface area contributed by atoms with Gasteiger partial charge in [-0.2, -0.15) is 0 Å². The van der Waals surface area contributed by atoms with Gasteiger partial charge in [-0.05, 0) is 30.7 Å². The van der Waals surface area contributed by atoms with E-state index in [0.29, 0.717) is 0 Å². The molecule has 1 unspecified atom stereocenters. The van der Waals surface area contributed by atoms with E-state index >= 15 is 0 Å². The van der Waals surface area contributed by atoms with Crippen molar-refractivity contribution in [2.24, 2.45) is 0 Å². The van der Waals surface area contributed by atoms with E-state index in [1.54, 1.807) is 0 Å². The molecule has 19 heavy (non-hydrogen) atoms. The maximum absolute atomic E-state index is 6.26. The van der Waals surface area contributed by atoms with Crippen molar-refractivity contribution in [2.75, 3.05) is 7.05 Å². The molecule has 2 rings (SSSR count). The van der Waals surface area contributed by atoms with Crippen LogP contribution in [0.4, 0.5) is 0 Å². The summed E-state index contributed by atoms with van der Waals surface area (Å²) in [6, 6.07) is 6.43. The molecule has 0 saturated carbocycles. The molecule has 0 saturated heterocycles. The van der Waals surface area contributed by atoms with Crippen molar-refractivity contribution < 1.29 is 0 Å². The molecule has 0 fully saturated rings. The fourth-order valence-corrected chi connectivity index (χ4v) is 4.64. The van der Waals surface area contributed by atoms with E-state index < -0.39 is 0 Å². The molecule has 0 aliphatic carbocycles. The number of nitrogens with one attached hydrogen (secondary N) is 1. The number of thiophene rings is 2. The summed E-state index contributed by atoms with van der Waals surface area (Å²) in [6.07, 6.45) is 0. The Hall–Kier alpha value is -0.0600. The molecular weight excluding hydrogens is 317 g/mol. The topological polar surface area (TPSA) is 12.0 Å². The van der Waals surface area contributed by atoms with E-state index in [0.717, 1.165) is 14.2 Å². The molecule has 2 aromatic heterocycles. The van der Waals surface area contributed by atoms with Crippen LogP contribution in [0.3, 0.4) is 0 Å². The van der Waals surface area contributed by atoms with Gasteiger partial charge < -0.3 is 5.32 Å². The lowest BCUT2D eigenvalue weighted by molar-refractivity contribution is 0.604. The van der Waals surface area contributed by atoms with Gasteiger partial charge in [0.05, 0.1) is 14.7 Å². The number of halogens is 2. The predicted molar refractivity (Wildman–Crippen MR) is 88.3 cm³/mol. The summed E-state index contributed by atoms with van der Waals surface area (Å²) in [5, 5.41) is 3.33. The largest absolute Gasteiger partial charge is 0.309 e. The highest BCUT2D eigenvalue weighted by atomic mass is 35.5. The molecule has 1 N–H and O–H groups in total. The number of hydrogen-bond donors (Lipinski definition) is 1. The van der Waals surface area contributed by atoms with Gasteiger partial charge in [0.25, 0.3) is 0 Å². The Balaban J connectivity index is 2.38. The summed E-state index contributed by atoms with van der Waals surface area (Å²) in [7, 11) is 1.95. The van der Waals surface area contributed by atoms with E-state index in [1.807, 2.05) is 24.5 Å². The fourth-order valence-electron chi connectivity index (χ4n) is 1.91. The third-order valence-corrected chi connectivity index (χ3v) is 6.03. The van der Waals surface area contributed by atoms with Gasteiger partial charge in [-0.15, -0.1) is 22.7 Å². The summed E-state index contributed by atoms with van der Waals surface area (Å²) in [5.74, 6) is 0. The van der Waals surface area contributed by atoms with Crippen LogP contribution in [-0.2, 0) is 5.41 Å². The van der Waals surface area contributed by atoms with Crippen molar-refractivity contribution in [1.82, 2.24) is 5.32 Å². The molecule has 104 valence electrons. The SMILES string of the molecule is CNC(c1ccc(C(C)(C)C)s1)c1cc(Cl)sc1Cl. The van der Waals surface area contributed by atoms with E-state index in [1.165, 1.54) is 21.1 Å². The minimum Gasteiger partial charge on any atom is -0.309 e. The highest BCUT2D eigenvalue weighted by molar-refractivity contribution is 7.20. The maximum atomic E-state index is 6.26. The number of rotatable bonds is 3. The van der Waals surface area contributed by atoms with Crippen molar-refractivity contribution in [3.8, 4) is 0 Å². The van der Waals surface area contributed by atoms with Crippen LogP contribution >= 0.6 is 45.9 Å². The van der Waals surface area contributed by atoms with Crippen LogP contribution in [0.1, 0.15) is 42.1 Å². The second-order valence-electron chi connectivity index (χ2n) is 5.45. The first-order valence-electron chi connectivity index (χ1n) is 6.05. The van der Waals surface area contributed by atoms with Gasteiger partial charge in [0, 0.05) is 15.3 Å². The second kappa shape index (κ2) is 5.74. The lowest BCUT2D eigenvalue weighted by Gasteiger charge is -2.17.